The number of carbonyl (C=O) groups is 2. The van der Waals surface area contributed by atoms with Crippen molar-refractivity contribution >= 4 is 28.9 Å². The average Bonchev–Trinajstić information content (AvgIpc) is 3.77. The lowest BCUT2D eigenvalue weighted by Gasteiger charge is -2.38. The van der Waals surface area contributed by atoms with Crippen LogP contribution in [-0.2, 0) is 11.3 Å². The molecule has 4 aromatic rings. The van der Waals surface area contributed by atoms with Crippen LogP contribution in [0.4, 0.5) is 17.1 Å². The summed E-state index contributed by atoms with van der Waals surface area (Å²) in [6.45, 7) is 6.74. The number of piperidine rings is 1. The first-order chi connectivity index (χ1) is 23.3. The molecule has 2 amide bonds. The van der Waals surface area contributed by atoms with Crippen molar-refractivity contribution in [3.63, 3.8) is 0 Å². The van der Waals surface area contributed by atoms with Gasteiger partial charge in [0.25, 0.3) is 5.91 Å². The molecular formula is C38H45N7O3. The topological polar surface area (TPSA) is 88.2 Å². The molecule has 1 spiro atoms. The highest BCUT2D eigenvalue weighted by Gasteiger charge is 2.49. The Balaban J connectivity index is 0.914. The second-order valence-electron chi connectivity index (χ2n) is 13.5. The van der Waals surface area contributed by atoms with E-state index >= 15 is 0 Å². The molecule has 3 aliphatic rings. The lowest BCUT2D eigenvalue weighted by molar-refractivity contribution is -0.127. The molecule has 10 nitrogen and oxygen atoms in total. The third-order valence-electron chi connectivity index (χ3n) is 10.5. The van der Waals surface area contributed by atoms with Gasteiger partial charge in [0.15, 0.2) is 0 Å². The van der Waals surface area contributed by atoms with E-state index in [1.165, 1.54) is 11.3 Å². The van der Waals surface area contributed by atoms with Crippen LogP contribution in [0.15, 0.2) is 79.1 Å². The Morgan fingerprint density at radius 1 is 0.875 bits per heavy atom. The Labute approximate surface area is 282 Å². The summed E-state index contributed by atoms with van der Waals surface area (Å²) >= 11 is 0. The van der Waals surface area contributed by atoms with Gasteiger partial charge in [-0.1, -0.05) is 12.1 Å². The van der Waals surface area contributed by atoms with E-state index in [1.54, 1.807) is 13.3 Å². The van der Waals surface area contributed by atoms with Crippen LogP contribution < -0.4 is 19.4 Å². The number of piperazine rings is 1. The summed E-state index contributed by atoms with van der Waals surface area (Å²) in [4.78, 5) is 38.2. The van der Waals surface area contributed by atoms with Crippen molar-refractivity contribution in [1.82, 2.24) is 20.0 Å². The Hall–Kier alpha value is -4.83. The average molecular weight is 648 g/mol. The van der Waals surface area contributed by atoms with Crippen molar-refractivity contribution in [3.05, 3.63) is 90.3 Å². The molecule has 7 rings (SSSR count). The Bertz CT molecular complexity index is 1720. The van der Waals surface area contributed by atoms with Gasteiger partial charge in [0, 0.05) is 112 Å². The van der Waals surface area contributed by atoms with Crippen LogP contribution in [0.5, 0.6) is 5.75 Å². The third-order valence-corrected chi connectivity index (χ3v) is 10.5. The van der Waals surface area contributed by atoms with Crippen LogP contribution in [0.1, 0.15) is 35.2 Å². The fourth-order valence-electron chi connectivity index (χ4n) is 7.47. The lowest BCUT2D eigenvalue weighted by atomic mass is 9.77. The molecule has 4 heterocycles. The van der Waals surface area contributed by atoms with E-state index in [2.05, 4.69) is 75.4 Å². The predicted octanol–water partition coefficient (Wildman–Crippen LogP) is 5.13. The number of nitrogens with one attached hydrogen (secondary N) is 1. The zero-order valence-electron chi connectivity index (χ0n) is 28.2. The summed E-state index contributed by atoms with van der Waals surface area (Å²) in [5.41, 5.74) is 6.71. The number of aromatic amines is 1. The van der Waals surface area contributed by atoms with Crippen LogP contribution in [0.2, 0.25) is 0 Å². The Kier molecular flexibility index (Phi) is 8.83. The van der Waals surface area contributed by atoms with E-state index in [-0.39, 0.29) is 11.8 Å². The monoisotopic (exact) mass is 647 g/mol. The number of rotatable bonds is 8. The fourth-order valence-corrected chi connectivity index (χ4v) is 7.47. The van der Waals surface area contributed by atoms with Crippen molar-refractivity contribution in [3.8, 4) is 16.9 Å². The minimum Gasteiger partial charge on any atom is -0.496 e. The molecule has 0 bridgehead atoms. The number of hydrogen-bond donors (Lipinski definition) is 1. The van der Waals surface area contributed by atoms with Gasteiger partial charge in [-0.05, 0) is 73.4 Å². The number of amides is 2. The van der Waals surface area contributed by atoms with Gasteiger partial charge in [0.2, 0.25) is 5.91 Å². The first-order valence-corrected chi connectivity index (χ1v) is 17.0. The van der Waals surface area contributed by atoms with Gasteiger partial charge >= 0.3 is 0 Å². The van der Waals surface area contributed by atoms with E-state index in [0.717, 1.165) is 61.6 Å². The summed E-state index contributed by atoms with van der Waals surface area (Å²) in [6, 6.07) is 22.8. The van der Waals surface area contributed by atoms with Gasteiger partial charge < -0.3 is 24.3 Å². The highest BCUT2D eigenvalue weighted by atomic mass is 16.5. The maximum Gasteiger partial charge on any atom is 0.253 e. The van der Waals surface area contributed by atoms with Crippen molar-refractivity contribution < 1.29 is 14.3 Å². The molecule has 0 aliphatic carbocycles. The molecule has 250 valence electrons. The molecule has 1 N–H and O–H groups in total. The summed E-state index contributed by atoms with van der Waals surface area (Å²) in [7, 11) is 5.77. The van der Waals surface area contributed by atoms with Gasteiger partial charge in [-0.3, -0.25) is 19.6 Å². The number of nitrogens with zero attached hydrogens (tertiary/aromatic N) is 6. The van der Waals surface area contributed by atoms with Gasteiger partial charge in [-0.15, -0.1) is 0 Å². The Morgan fingerprint density at radius 2 is 1.56 bits per heavy atom. The summed E-state index contributed by atoms with van der Waals surface area (Å²) < 4.78 is 5.67. The second kappa shape index (κ2) is 13.4. The minimum absolute atomic E-state index is 0.0448. The molecule has 0 radical (unpaired) electrons. The van der Waals surface area contributed by atoms with Gasteiger partial charge in [0.1, 0.15) is 5.75 Å². The van der Waals surface area contributed by atoms with Crippen molar-refractivity contribution in [2.24, 2.45) is 5.41 Å². The molecule has 3 saturated heterocycles. The first-order valence-electron chi connectivity index (χ1n) is 17.0. The molecule has 3 fully saturated rings. The van der Waals surface area contributed by atoms with Crippen LogP contribution in [0, 0.1) is 5.41 Å². The standard InChI is InChI=1S/C38H45N7O3/c1-41(2)31-8-4-28(5-9-31)27-42-20-22-43(23-21-42)32-10-6-29(7-11-32)36(46)44-17-14-38(15-18-44)16-19-45(37(38)47)33-12-13-34(35(24-33)48-3)30-25-39-40-26-30/h4-13,24-26H,14-23,27H2,1-3H3,(H,39,40). The van der Waals surface area contributed by atoms with Crippen molar-refractivity contribution in [1.29, 1.82) is 0 Å². The molecule has 3 aliphatic heterocycles. The summed E-state index contributed by atoms with van der Waals surface area (Å²) in [6.07, 6.45) is 5.74. The van der Waals surface area contributed by atoms with Gasteiger partial charge in [-0.2, -0.15) is 5.10 Å². The lowest BCUT2D eigenvalue weighted by Crippen LogP contribution is -2.46. The fraction of sp³-hybridized carbons (Fsp3) is 0.395. The molecule has 0 unspecified atom stereocenters. The molecule has 10 heteroatoms. The summed E-state index contributed by atoms with van der Waals surface area (Å²) in [5.74, 6) is 0.904. The highest BCUT2D eigenvalue weighted by molar-refractivity contribution is 6.01. The number of likely N-dealkylation sites (tertiary alicyclic amines) is 1. The number of anilines is 3. The smallest absolute Gasteiger partial charge is 0.253 e. The van der Waals surface area contributed by atoms with E-state index in [1.807, 2.05) is 46.3 Å². The van der Waals surface area contributed by atoms with Crippen LogP contribution in [-0.4, -0.2) is 98.8 Å². The molecule has 48 heavy (non-hydrogen) atoms. The normalized spacial score (nSPS) is 18.1. The largest absolute Gasteiger partial charge is 0.496 e. The highest BCUT2D eigenvalue weighted by Crippen LogP contribution is 2.44. The van der Waals surface area contributed by atoms with Crippen molar-refractivity contribution in [2.45, 2.75) is 25.8 Å². The first kappa shape index (κ1) is 31.8. The zero-order valence-corrected chi connectivity index (χ0v) is 28.2. The Morgan fingerprint density at radius 3 is 2.21 bits per heavy atom. The molecule has 1 aromatic heterocycles. The predicted molar refractivity (Wildman–Crippen MR) is 190 cm³/mol. The minimum atomic E-state index is -0.422. The number of H-pyrrole nitrogens is 1. The summed E-state index contributed by atoms with van der Waals surface area (Å²) in [5, 5.41) is 6.89. The molecule has 0 atom stereocenters. The number of benzene rings is 3. The van der Waals surface area contributed by atoms with E-state index < -0.39 is 5.41 Å². The van der Waals surface area contributed by atoms with Gasteiger partial charge in [-0.25, -0.2) is 0 Å². The van der Waals surface area contributed by atoms with E-state index in [0.29, 0.717) is 43.8 Å². The number of methoxy groups -OCH3 is 1. The molecule has 3 aromatic carbocycles. The maximum absolute atomic E-state index is 13.8. The second-order valence-corrected chi connectivity index (χ2v) is 13.5. The van der Waals surface area contributed by atoms with Crippen LogP contribution in [0.25, 0.3) is 11.1 Å². The number of aromatic nitrogens is 2. The van der Waals surface area contributed by atoms with E-state index in [4.69, 9.17) is 4.74 Å². The number of carbonyl (C=O) groups excluding carboxylic acids is 2. The maximum atomic E-state index is 13.8. The van der Waals surface area contributed by atoms with Crippen LogP contribution >= 0.6 is 0 Å². The SMILES string of the molecule is COc1cc(N2CCC3(CCN(C(=O)c4ccc(N5CCN(Cc6ccc(N(C)C)cc6)CC5)cc4)CC3)C2=O)ccc1-c1cn[nH]c1. The van der Waals surface area contributed by atoms with Gasteiger partial charge in [0.05, 0.1) is 18.7 Å². The van der Waals surface area contributed by atoms with Crippen molar-refractivity contribution in [2.75, 3.05) is 81.7 Å². The zero-order chi connectivity index (χ0) is 33.3. The molecule has 0 saturated carbocycles. The number of ether oxygens (including phenoxy) is 1. The van der Waals surface area contributed by atoms with Crippen LogP contribution in [0.3, 0.4) is 0 Å². The quantitative estimate of drug-likeness (QED) is 0.284. The van der Waals surface area contributed by atoms with E-state index in [9.17, 15) is 9.59 Å². The number of hydrogen-bond acceptors (Lipinski definition) is 7. The third kappa shape index (κ3) is 6.24. The molecular weight excluding hydrogens is 602 g/mol.